The van der Waals surface area contributed by atoms with E-state index in [1.807, 2.05) is 0 Å². The third-order valence-corrected chi connectivity index (χ3v) is 0. The second-order valence-electron chi connectivity index (χ2n) is 0. The Morgan fingerprint density at radius 1 is 0.500 bits per heavy atom. The summed E-state index contributed by atoms with van der Waals surface area (Å²) >= 11 is 0. The van der Waals surface area contributed by atoms with Crippen LogP contribution < -0.4 is 0 Å². The summed E-state index contributed by atoms with van der Waals surface area (Å²) in [4.78, 5) is 0. The molecule has 0 fully saturated rings. The van der Waals surface area contributed by atoms with Gasteiger partial charge in [0.25, 0.3) is 0 Å². The molecule has 0 rings (SSSR count). The van der Waals surface area contributed by atoms with Gasteiger partial charge in [-0.05, 0) is 0 Å². The molecule has 0 atom stereocenters. The molecule has 0 N–H and O–H groups in total. The van der Waals surface area contributed by atoms with Gasteiger partial charge in [0.1, 0.15) is 0 Å². The van der Waals surface area contributed by atoms with Gasteiger partial charge in [0, 0.05) is 122 Å². The molecule has 15 valence electrons. The third-order valence-electron chi connectivity index (χ3n) is 0. The van der Waals surface area contributed by atoms with Crippen LogP contribution in [0.4, 0.5) is 0 Å². The largest absolute Gasteiger partial charge is 0 e. The van der Waals surface area contributed by atoms with E-state index < -0.39 is 0 Å². The van der Waals surface area contributed by atoms with E-state index in [9.17, 15) is 0 Å². The molecular formula is SmTl3. The molecule has 4 heteroatoms. The normalized spacial score (nSPS) is 0. The molecule has 0 unspecified atom stereocenters. The first kappa shape index (κ1) is 24.3. The average Bonchev–Trinajstić information content (AvgIpc) is 0. The fourth-order valence-electron chi connectivity index (χ4n) is 0. The molecule has 4 heavy (non-hydrogen) atoms. The Morgan fingerprint density at radius 3 is 0.500 bits per heavy atom. The summed E-state index contributed by atoms with van der Waals surface area (Å²) in [6.07, 6.45) is 0. The fourth-order valence-corrected chi connectivity index (χ4v) is 0. The third kappa shape index (κ3) is 9.44. The molecule has 0 aromatic carbocycles. The smallest absolute Gasteiger partial charge is 0 e. The van der Waals surface area contributed by atoms with Gasteiger partial charge in [0.15, 0.2) is 0 Å². The standard InChI is InChI=1S/Sm.3Tl. The topological polar surface area (TPSA) is 0 Å². The Hall–Kier alpha value is 4.10. The predicted octanol–water partition coefficient (Wildman–Crippen LogP) is -1.14. The van der Waals surface area contributed by atoms with Crippen LogP contribution in [0, 0.1) is 40.4 Å². The average molecular weight is 764 g/mol. The molecule has 0 spiro atoms. The minimum absolute atomic E-state index is 0. The number of rotatable bonds is 0. The van der Waals surface area contributed by atoms with E-state index in [-0.39, 0.29) is 122 Å². The summed E-state index contributed by atoms with van der Waals surface area (Å²) in [5.74, 6) is 0. The first-order chi connectivity index (χ1) is 0. The molecule has 3 radical (unpaired) electrons. The minimum atomic E-state index is 0. The van der Waals surface area contributed by atoms with E-state index in [1.165, 1.54) is 0 Å². The first-order valence-corrected chi connectivity index (χ1v) is 0. The molecule has 0 heterocycles. The van der Waals surface area contributed by atoms with Gasteiger partial charge in [-0.2, -0.15) is 0 Å². The van der Waals surface area contributed by atoms with Gasteiger partial charge in [0.05, 0.1) is 0 Å². The van der Waals surface area contributed by atoms with Crippen LogP contribution in [-0.2, 0) is 0 Å². The van der Waals surface area contributed by atoms with Crippen molar-refractivity contribution in [3.63, 3.8) is 0 Å². The molecule has 0 saturated heterocycles. The van der Waals surface area contributed by atoms with E-state index in [1.54, 1.807) is 0 Å². The van der Waals surface area contributed by atoms with Crippen LogP contribution in [0.1, 0.15) is 0 Å². The maximum atomic E-state index is 0. The van der Waals surface area contributed by atoms with Crippen molar-refractivity contribution in [3.8, 4) is 0 Å². The molecular weight excluding hydrogens is 764 g/mol. The molecule has 0 bridgehead atoms. The van der Waals surface area contributed by atoms with Gasteiger partial charge in [-0.25, -0.2) is 0 Å². The van der Waals surface area contributed by atoms with Gasteiger partial charge >= 0.3 is 0 Å². The quantitative estimate of drug-likeness (QED) is 0.274. The number of hydrogen-bond donors (Lipinski definition) is 0. The zero-order valence-electron chi connectivity index (χ0n) is 2.14. The van der Waals surface area contributed by atoms with E-state index in [0.717, 1.165) is 0 Å². The minimum Gasteiger partial charge on any atom is 0 e. The zero-order valence-corrected chi connectivity index (χ0v) is 18.2. The summed E-state index contributed by atoms with van der Waals surface area (Å²) in [6.45, 7) is 0. The molecule has 0 aromatic rings. The Morgan fingerprint density at radius 2 is 0.500 bits per heavy atom. The van der Waals surface area contributed by atoms with Gasteiger partial charge in [-0.1, -0.05) is 0 Å². The van der Waals surface area contributed by atoms with Crippen molar-refractivity contribution in [2.75, 3.05) is 0 Å². The van der Waals surface area contributed by atoms with E-state index in [0.29, 0.717) is 0 Å². The summed E-state index contributed by atoms with van der Waals surface area (Å²) in [5.41, 5.74) is 0. The predicted molar refractivity (Wildman–Crippen MR) is 17.3 cm³/mol. The van der Waals surface area contributed by atoms with Gasteiger partial charge in [0.2, 0.25) is 0 Å². The maximum absolute atomic E-state index is 0. The van der Waals surface area contributed by atoms with Crippen molar-refractivity contribution in [1.82, 2.24) is 0 Å². The second kappa shape index (κ2) is 15.7. The van der Waals surface area contributed by atoms with Crippen LogP contribution in [0.5, 0.6) is 0 Å². The van der Waals surface area contributed by atoms with Crippen LogP contribution in [0.25, 0.3) is 0 Å². The van der Waals surface area contributed by atoms with Crippen LogP contribution in [0.3, 0.4) is 0 Å². The molecule has 0 amide bonds. The summed E-state index contributed by atoms with van der Waals surface area (Å²) in [7, 11) is 0. The number of hydrogen-bond acceptors (Lipinski definition) is 0. The molecule has 0 aliphatic carbocycles. The molecule has 0 aliphatic heterocycles. The van der Waals surface area contributed by atoms with Crippen LogP contribution in [0.15, 0.2) is 0 Å². The Kier molecular flexibility index (Phi) is 95.4. The fraction of sp³-hybridized carbons (Fsp3) is 0. The molecule has 0 nitrogen and oxygen atoms in total. The Balaban J connectivity index is 0. The summed E-state index contributed by atoms with van der Waals surface area (Å²) in [6, 6.07) is 0. The van der Waals surface area contributed by atoms with E-state index in [2.05, 4.69) is 0 Å². The SMILES string of the molecule is [Sm].[Tl].[Tl].[Tl]. The van der Waals surface area contributed by atoms with Gasteiger partial charge in [-0.3, -0.25) is 0 Å². The van der Waals surface area contributed by atoms with Crippen LogP contribution in [0.2, 0.25) is 0 Å². The van der Waals surface area contributed by atoms with E-state index >= 15 is 0 Å². The monoisotopic (exact) mass is 767 g/mol. The first-order valence-electron chi connectivity index (χ1n) is 0. The summed E-state index contributed by atoms with van der Waals surface area (Å²) in [5, 5.41) is 0. The van der Waals surface area contributed by atoms with Crippen molar-refractivity contribution in [2.45, 2.75) is 0 Å². The van der Waals surface area contributed by atoms with E-state index in [4.69, 9.17) is 0 Å². The Labute approximate surface area is 119 Å². The summed E-state index contributed by atoms with van der Waals surface area (Å²) < 4.78 is 0. The van der Waals surface area contributed by atoms with Crippen molar-refractivity contribution >= 4 is 81.9 Å². The molecule has 0 saturated carbocycles. The second-order valence-corrected chi connectivity index (χ2v) is 0. The van der Waals surface area contributed by atoms with Crippen molar-refractivity contribution < 1.29 is 40.4 Å². The van der Waals surface area contributed by atoms with Crippen molar-refractivity contribution in [1.29, 1.82) is 0 Å². The van der Waals surface area contributed by atoms with Crippen molar-refractivity contribution in [3.05, 3.63) is 0 Å². The maximum Gasteiger partial charge on any atom is 0 e. The Bertz CT molecular complexity index is 3.25. The van der Waals surface area contributed by atoms with Gasteiger partial charge in [-0.15, -0.1) is 0 Å². The van der Waals surface area contributed by atoms with Crippen LogP contribution in [-0.4, -0.2) is 81.9 Å². The van der Waals surface area contributed by atoms with Crippen molar-refractivity contribution in [2.24, 2.45) is 0 Å². The molecule has 0 aromatic heterocycles. The zero-order chi connectivity index (χ0) is 0. The molecule has 0 aliphatic rings. The van der Waals surface area contributed by atoms with Crippen LogP contribution >= 0.6 is 0 Å². The van der Waals surface area contributed by atoms with Gasteiger partial charge < -0.3 is 0 Å².